The number of nitrogens with one attached hydrogen (secondary N) is 1. The SMILES string of the molecule is CCCN(C1(CN)CCC(C)CC1)S(=O)(=O)NC(C)C. The molecule has 1 saturated carbocycles. The van der Waals surface area contributed by atoms with E-state index in [9.17, 15) is 8.42 Å². The zero-order valence-corrected chi connectivity index (χ0v) is 14.2. The second-order valence-electron chi connectivity index (χ2n) is 6.46. The van der Waals surface area contributed by atoms with Crippen LogP contribution in [0.4, 0.5) is 0 Å². The van der Waals surface area contributed by atoms with Gasteiger partial charge >= 0.3 is 0 Å². The van der Waals surface area contributed by atoms with Crippen LogP contribution in [0.25, 0.3) is 0 Å². The predicted molar refractivity (Wildman–Crippen MR) is 83.6 cm³/mol. The highest BCUT2D eigenvalue weighted by atomic mass is 32.2. The lowest BCUT2D eigenvalue weighted by Gasteiger charge is -2.46. The maximum absolute atomic E-state index is 12.6. The molecule has 120 valence electrons. The molecule has 0 saturated heterocycles. The summed E-state index contributed by atoms with van der Waals surface area (Å²) >= 11 is 0. The summed E-state index contributed by atoms with van der Waals surface area (Å²) in [7, 11) is -3.47. The number of hydrogen-bond donors (Lipinski definition) is 2. The molecule has 0 heterocycles. The van der Waals surface area contributed by atoms with E-state index in [1.54, 1.807) is 4.31 Å². The van der Waals surface area contributed by atoms with Crippen LogP contribution in [0.3, 0.4) is 0 Å². The van der Waals surface area contributed by atoms with Crippen LogP contribution >= 0.6 is 0 Å². The summed E-state index contributed by atoms with van der Waals surface area (Å²) in [5.74, 6) is 0.666. The molecule has 20 heavy (non-hydrogen) atoms. The second kappa shape index (κ2) is 7.20. The Morgan fingerprint density at radius 1 is 1.35 bits per heavy atom. The van der Waals surface area contributed by atoms with Crippen LogP contribution in [0.2, 0.25) is 0 Å². The summed E-state index contributed by atoms with van der Waals surface area (Å²) in [6.07, 6.45) is 4.63. The predicted octanol–water partition coefficient (Wildman–Crippen LogP) is 1.85. The van der Waals surface area contributed by atoms with E-state index in [0.29, 0.717) is 19.0 Å². The Morgan fingerprint density at radius 2 is 1.90 bits per heavy atom. The third kappa shape index (κ3) is 4.16. The number of nitrogens with two attached hydrogens (primary N) is 1. The van der Waals surface area contributed by atoms with E-state index in [2.05, 4.69) is 11.6 Å². The second-order valence-corrected chi connectivity index (χ2v) is 8.09. The molecule has 0 spiro atoms. The molecule has 0 aliphatic heterocycles. The van der Waals surface area contributed by atoms with Gasteiger partial charge in [-0.3, -0.25) is 0 Å². The minimum atomic E-state index is -3.47. The van der Waals surface area contributed by atoms with Crippen molar-refractivity contribution in [3.63, 3.8) is 0 Å². The van der Waals surface area contributed by atoms with Gasteiger partial charge in [0.1, 0.15) is 0 Å². The third-order valence-electron chi connectivity index (χ3n) is 4.22. The maximum atomic E-state index is 12.6. The van der Waals surface area contributed by atoms with Gasteiger partial charge in [0.05, 0.1) is 0 Å². The van der Waals surface area contributed by atoms with Crippen molar-refractivity contribution in [3.8, 4) is 0 Å². The quantitative estimate of drug-likeness (QED) is 0.753. The van der Waals surface area contributed by atoms with Gasteiger partial charge in [0.25, 0.3) is 10.2 Å². The minimum Gasteiger partial charge on any atom is -0.329 e. The maximum Gasteiger partial charge on any atom is 0.280 e. The van der Waals surface area contributed by atoms with Gasteiger partial charge in [-0.2, -0.15) is 17.4 Å². The molecule has 1 aliphatic carbocycles. The summed E-state index contributed by atoms with van der Waals surface area (Å²) in [5, 5.41) is 0. The summed E-state index contributed by atoms with van der Waals surface area (Å²) in [4.78, 5) is 0. The van der Waals surface area contributed by atoms with Gasteiger partial charge in [0, 0.05) is 24.7 Å². The van der Waals surface area contributed by atoms with Crippen LogP contribution in [0, 0.1) is 5.92 Å². The number of nitrogens with zero attached hydrogens (tertiary/aromatic N) is 1. The zero-order chi connectivity index (χ0) is 15.4. The lowest BCUT2D eigenvalue weighted by atomic mass is 9.77. The van der Waals surface area contributed by atoms with Crippen molar-refractivity contribution in [2.24, 2.45) is 11.7 Å². The van der Waals surface area contributed by atoms with Gasteiger partial charge in [-0.1, -0.05) is 13.8 Å². The summed E-state index contributed by atoms with van der Waals surface area (Å²) in [6, 6.07) is -0.100. The molecule has 0 amide bonds. The van der Waals surface area contributed by atoms with Gasteiger partial charge in [0.15, 0.2) is 0 Å². The van der Waals surface area contributed by atoms with E-state index in [1.807, 2.05) is 20.8 Å². The first kappa shape index (κ1) is 17.9. The molecule has 1 aliphatic rings. The van der Waals surface area contributed by atoms with Crippen LogP contribution in [0.1, 0.15) is 59.8 Å². The van der Waals surface area contributed by atoms with Crippen molar-refractivity contribution >= 4 is 10.2 Å². The van der Waals surface area contributed by atoms with E-state index < -0.39 is 15.7 Å². The Kier molecular flexibility index (Phi) is 6.44. The van der Waals surface area contributed by atoms with Crippen LogP contribution < -0.4 is 10.5 Å². The Morgan fingerprint density at radius 3 is 2.30 bits per heavy atom. The molecular weight excluding hydrogens is 274 g/mol. The highest BCUT2D eigenvalue weighted by Crippen LogP contribution is 2.37. The van der Waals surface area contributed by atoms with Crippen LogP contribution in [-0.2, 0) is 10.2 Å². The van der Waals surface area contributed by atoms with Gasteiger partial charge in [-0.15, -0.1) is 0 Å². The monoisotopic (exact) mass is 305 g/mol. The van der Waals surface area contributed by atoms with Gasteiger partial charge in [-0.25, -0.2) is 0 Å². The summed E-state index contributed by atoms with van der Waals surface area (Å²) in [5.41, 5.74) is 5.61. The van der Waals surface area contributed by atoms with E-state index in [4.69, 9.17) is 5.73 Å². The molecule has 3 N–H and O–H groups in total. The first-order valence-corrected chi connectivity index (χ1v) is 9.21. The standard InChI is InChI=1S/C14H31N3O2S/c1-5-10-17(20(18,19)16-12(2)3)14(11-15)8-6-13(4)7-9-14/h12-13,16H,5-11,15H2,1-4H3. The Hall–Kier alpha value is -0.170. The van der Waals surface area contributed by atoms with Crippen molar-refractivity contribution in [1.82, 2.24) is 9.03 Å². The van der Waals surface area contributed by atoms with Crippen LogP contribution in [-0.4, -0.2) is 37.4 Å². The van der Waals surface area contributed by atoms with Crippen molar-refractivity contribution in [1.29, 1.82) is 0 Å². The molecule has 0 atom stereocenters. The summed E-state index contributed by atoms with van der Waals surface area (Å²) < 4.78 is 29.6. The first-order valence-electron chi connectivity index (χ1n) is 7.77. The zero-order valence-electron chi connectivity index (χ0n) is 13.4. The molecule has 5 nitrogen and oxygen atoms in total. The highest BCUT2D eigenvalue weighted by molar-refractivity contribution is 7.87. The highest BCUT2D eigenvalue weighted by Gasteiger charge is 2.43. The van der Waals surface area contributed by atoms with Crippen molar-refractivity contribution in [2.75, 3.05) is 13.1 Å². The average molecular weight is 305 g/mol. The lowest BCUT2D eigenvalue weighted by molar-refractivity contribution is 0.114. The van der Waals surface area contributed by atoms with Gasteiger partial charge < -0.3 is 5.73 Å². The largest absolute Gasteiger partial charge is 0.329 e. The molecule has 1 fully saturated rings. The molecule has 0 bridgehead atoms. The summed E-state index contributed by atoms with van der Waals surface area (Å²) in [6.45, 7) is 8.87. The molecule has 0 radical (unpaired) electrons. The van der Waals surface area contributed by atoms with Crippen molar-refractivity contribution in [2.45, 2.75) is 71.4 Å². The fraction of sp³-hybridized carbons (Fsp3) is 1.00. The molecule has 6 heteroatoms. The van der Waals surface area contributed by atoms with E-state index in [-0.39, 0.29) is 6.04 Å². The fourth-order valence-corrected chi connectivity index (χ4v) is 4.94. The third-order valence-corrected chi connectivity index (χ3v) is 6.13. The Bertz CT molecular complexity index is 387. The van der Waals surface area contributed by atoms with Crippen LogP contribution in [0.15, 0.2) is 0 Å². The molecule has 0 aromatic rings. The van der Waals surface area contributed by atoms with Gasteiger partial charge in [0.2, 0.25) is 0 Å². The van der Waals surface area contributed by atoms with Gasteiger partial charge in [-0.05, 0) is 51.9 Å². The molecule has 0 aromatic carbocycles. The van der Waals surface area contributed by atoms with E-state index in [1.165, 1.54) is 0 Å². The fourth-order valence-electron chi connectivity index (χ4n) is 3.03. The number of hydrogen-bond acceptors (Lipinski definition) is 3. The van der Waals surface area contributed by atoms with E-state index in [0.717, 1.165) is 32.1 Å². The normalized spacial score (nSPS) is 28.2. The topological polar surface area (TPSA) is 75.4 Å². The first-order chi connectivity index (χ1) is 9.27. The molecule has 0 aromatic heterocycles. The van der Waals surface area contributed by atoms with Crippen LogP contribution in [0.5, 0.6) is 0 Å². The van der Waals surface area contributed by atoms with Crippen molar-refractivity contribution in [3.05, 3.63) is 0 Å². The smallest absolute Gasteiger partial charge is 0.280 e. The lowest BCUT2D eigenvalue weighted by Crippen LogP contribution is -2.61. The minimum absolute atomic E-state index is 0.100. The molecule has 0 unspecified atom stereocenters. The Labute approximate surface area is 124 Å². The molecule has 1 rings (SSSR count). The van der Waals surface area contributed by atoms with E-state index >= 15 is 0 Å². The Balaban J connectivity index is 3.04. The molecular formula is C14H31N3O2S. The number of rotatable bonds is 7. The average Bonchev–Trinajstić information content (AvgIpc) is 2.36. The van der Waals surface area contributed by atoms with Crippen molar-refractivity contribution < 1.29 is 8.42 Å².